The molecular formula is C16H16KNOS2. The molecule has 0 saturated heterocycles. The molecule has 0 heterocycles. The van der Waals surface area contributed by atoms with Crippen LogP contribution in [0, 0.1) is 0 Å². The minimum Gasteiger partial charge on any atom is -0.497 e. The maximum Gasteiger partial charge on any atom is 1.00 e. The van der Waals surface area contributed by atoms with E-state index in [4.69, 9.17) is 29.6 Å². The third kappa shape index (κ3) is 6.32. The third-order valence-corrected chi connectivity index (χ3v) is 3.52. The summed E-state index contributed by atoms with van der Waals surface area (Å²) in [6.45, 7) is 1.44. The van der Waals surface area contributed by atoms with Crippen LogP contribution >= 0.6 is 12.2 Å². The first-order valence-electron chi connectivity index (χ1n) is 6.32. The van der Waals surface area contributed by atoms with E-state index in [1.165, 1.54) is 5.56 Å². The fourth-order valence-corrected chi connectivity index (χ4v) is 2.20. The van der Waals surface area contributed by atoms with Crippen LogP contribution < -0.4 is 56.1 Å². The number of hydrogen-bond donors (Lipinski definition) is 0. The van der Waals surface area contributed by atoms with Gasteiger partial charge in [-0.2, -0.15) is 0 Å². The van der Waals surface area contributed by atoms with E-state index in [2.05, 4.69) is 12.1 Å². The molecule has 0 spiro atoms. The molecule has 5 heteroatoms. The van der Waals surface area contributed by atoms with Crippen LogP contribution in [-0.2, 0) is 25.7 Å². The zero-order valence-electron chi connectivity index (χ0n) is 12.3. The minimum atomic E-state index is 0. The van der Waals surface area contributed by atoms with Crippen LogP contribution in [0.15, 0.2) is 54.6 Å². The van der Waals surface area contributed by atoms with E-state index in [0.29, 0.717) is 10.9 Å². The molecule has 0 N–H and O–H groups in total. The maximum absolute atomic E-state index is 5.18. The molecule has 0 bridgehead atoms. The van der Waals surface area contributed by atoms with Crippen LogP contribution in [0.1, 0.15) is 11.1 Å². The predicted octanol–water partition coefficient (Wildman–Crippen LogP) is 0.533. The summed E-state index contributed by atoms with van der Waals surface area (Å²) < 4.78 is 5.65. The van der Waals surface area contributed by atoms with Gasteiger partial charge in [0.1, 0.15) is 5.75 Å². The molecule has 2 rings (SSSR count). The Labute approximate surface area is 179 Å². The normalized spacial score (nSPS) is 9.57. The SMILES string of the molecule is COc1ccc(CN(Cc2ccccc2)C(=S)[S-])cc1.[K+]. The second kappa shape index (κ2) is 9.89. The van der Waals surface area contributed by atoms with Gasteiger partial charge in [-0.05, 0) is 23.3 Å². The Morgan fingerprint density at radius 2 is 1.52 bits per heavy atom. The minimum absolute atomic E-state index is 0. The molecule has 0 radical (unpaired) electrons. The molecule has 2 aromatic carbocycles. The topological polar surface area (TPSA) is 12.5 Å². The Balaban J connectivity index is 0.00000220. The molecule has 0 unspecified atom stereocenters. The molecule has 0 aliphatic rings. The van der Waals surface area contributed by atoms with Crippen LogP contribution in [0.2, 0.25) is 0 Å². The van der Waals surface area contributed by atoms with Crippen molar-refractivity contribution in [3.8, 4) is 5.75 Å². The summed E-state index contributed by atoms with van der Waals surface area (Å²) in [5, 5.41) is 0. The molecule has 2 aromatic rings. The molecule has 21 heavy (non-hydrogen) atoms. The number of benzene rings is 2. The monoisotopic (exact) mass is 341 g/mol. The molecule has 0 atom stereocenters. The Morgan fingerprint density at radius 3 is 2.00 bits per heavy atom. The van der Waals surface area contributed by atoms with Crippen molar-refractivity contribution in [3.05, 3.63) is 65.7 Å². The largest absolute Gasteiger partial charge is 1.00 e. The van der Waals surface area contributed by atoms with E-state index >= 15 is 0 Å². The number of hydrogen-bond acceptors (Lipinski definition) is 3. The van der Waals surface area contributed by atoms with Gasteiger partial charge in [-0.3, -0.25) is 0 Å². The molecule has 2 nitrogen and oxygen atoms in total. The summed E-state index contributed by atoms with van der Waals surface area (Å²) in [6.07, 6.45) is 0. The van der Waals surface area contributed by atoms with Crippen LogP contribution in [-0.4, -0.2) is 16.3 Å². The van der Waals surface area contributed by atoms with Crippen molar-refractivity contribution < 1.29 is 56.1 Å². The first-order valence-corrected chi connectivity index (χ1v) is 7.13. The van der Waals surface area contributed by atoms with E-state index in [0.717, 1.165) is 17.9 Å². The molecule has 0 amide bonds. The van der Waals surface area contributed by atoms with E-state index in [1.807, 2.05) is 47.4 Å². The van der Waals surface area contributed by atoms with Crippen LogP contribution in [0.4, 0.5) is 0 Å². The molecule has 0 aliphatic carbocycles. The quantitative estimate of drug-likeness (QED) is 0.447. The summed E-state index contributed by atoms with van der Waals surface area (Å²) in [6, 6.07) is 18.2. The first-order chi connectivity index (χ1) is 9.69. The molecular weight excluding hydrogens is 325 g/mol. The summed E-state index contributed by atoms with van der Waals surface area (Å²) in [5.41, 5.74) is 2.36. The summed E-state index contributed by atoms with van der Waals surface area (Å²) in [5.74, 6) is 0.851. The smallest absolute Gasteiger partial charge is 0.497 e. The maximum atomic E-state index is 5.18. The van der Waals surface area contributed by atoms with Crippen LogP contribution in [0.25, 0.3) is 0 Å². The van der Waals surface area contributed by atoms with Crippen molar-refractivity contribution in [1.29, 1.82) is 0 Å². The van der Waals surface area contributed by atoms with Gasteiger partial charge in [-0.15, -0.1) is 0 Å². The number of ether oxygens (including phenoxy) is 1. The van der Waals surface area contributed by atoms with E-state index < -0.39 is 0 Å². The Hall–Kier alpha value is -0.0136. The van der Waals surface area contributed by atoms with Crippen molar-refractivity contribution in [2.24, 2.45) is 0 Å². The van der Waals surface area contributed by atoms with E-state index in [9.17, 15) is 0 Å². The average molecular weight is 342 g/mol. The molecule has 104 valence electrons. The zero-order chi connectivity index (χ0) is 14.4. The molecule has 0 fully saturated rings. The van der Waals surface area contributed by atoms with Gasteiger partial charge in [0, 0.05) is 13.1 Å². The van der Waals surface area contributed by atoms with Crippen molar-refractivity contribution in [2.75, 3.05) is 7.11 Å². The van der Waals surface area contributed by atoms with E-state index in [1.54, 1.807) is 7.11 Å². The van der Waals surface area contributed by atoms with Gasteiger partial charge in [-0.25, -0.2) is 0 Å². The number of thiocarbonyl (C=S) groups is 1. The standard InChI is InChI=1S/C16H17NOS2.K/c1-18-15-9-7-14(8-10-15)12-17(16(19)20)11-13-5-3-2-4-6-13;/h2-10H,11-12H2,1H3,(H,19,20);/q;+1/p-1. The van der Waals surface area contributed by atoms with Crippen molar-refractivity contribution in [1.82, 2.24) is 4.90 Å². The second-order valence-corrected chi connectivity index (χ2v) is 5.49. The van der Waals surface area contributed by atoms with Crippen LogP contribution in [0.5, 0.6) is 5.75 Å². The Bertz CT molecular complexity index is 560. The average Bonchev–Trinajstić information content (AvgIpc) is 2.48. The first kappa shape index (κ1) is 19.0. The number of nitrogens with zero attached hydrogens (tertiary/aromatic N) is 1. The van der Waals surface area contributed by atoms with Gasteiger partial charge in [0.15, 0.2) is 0 Å². The summed E-state index contributed by atoms with van der Waals surface area (Å²) in [7, 11) is 1.66. The third-order valence-electron chi connectivity index (χ3n) is 3.01. The van der Waals surface area contributed by atoms with Crippen molar-refractivity contribution in [2.45, 2.75) is 13.1 Å². The van der Waals surface area contributed by atoms with E-state index in [-0.39, 0.29) is 51.4 Å². The van der Waals surface area contributed by atoms with Gasteiger partial charge in [-0.1, -0.05) is 46.8 Å². The molecule has 0 aliphatic heterocycles. The number of rotatable bonds is 5. The fraction of sp³-hybridized carbons (Fsp3) is 0.188. The van der Waals surface area contributed by atoms with Gasteiger partial charge < -0.3 is 34.5 Å². The zero-order valence-corrected chi connectivity index (χ0v) is 17.0. The van der Waals surface area contributed by atoms with Gasteiger partial charge >= 0.3 is 51.4 Å². The predicted molar refractivity (Wildman–Crippen MR) is 88.6 cm³/mol. The molecule has 0 saturated carbocycles. The van der Waals surface area contributed by atoms with Gasteiger partial charge in [0.05, 0.1) is 7.11 Å². The van der Waals surface area contributed by atoms with Crippen molar-refractivity contribution >= 4 is 29.2 Å². The Kier molecular flexibility index (Phi) is 8.97. The number of methoxy groups -OCH3 is 1. The second-order valence-electron chi connectivity index (χ2n) is 4.46. The fourth-order valence-electron chi connectivity index (χ4n) is 1.94. The molecule has 0 aromatic heterocycles. The van der Waals surface area contributed by atoms with Gasteiger partial charge in [0.2, 0.25) is 0 Å². The Morgan fingerprint density at radius 1 is 1.00 bits per heavy atom. The van der Waals surface area contributed by atoms with Crippen molar-refractivity contribution in [3.63, 3.8) is 0 Å². The summed E-state index contributed by atoms with van der Waals surface area (Å²) in [4.78, 5) is 2.02. The van der Waals surface area contributed by atoms with Gasteiger partial charge in [0.25, 0.3) is 0 Å². The van der Waals surface area contributed by atoms with Crippen LogP contribution in [0.3, 0.4) is 0 Å². The summed E-state index contributed by atoms with van der Waals surface area (Å²) >= 11 is 10.4.